The first-order valence-corrected chi connectivity index (χ1v) is 7.01. The van der Waals surface area contributed by atoms with E-state index in [1.807, 2.05) is 30.5 Å². The van der Waals surface area contributed by atoms with Gasteiger partial charge in [0.15, 0.2) is 5.82 Å². The van der Waals surface area contributed by atoms with Crippen LogP contribution in [0, 0.1) is 0 Å². The molecule has 100 valence electrons. The summed E-state index contributed by atoms with van der Waals surface area (Å²) in [6.07, 6.45) is 5.59. The first kappa shape index (κ1) is 12.4. The van der Waals surface area contributed by atoms with Crippen LogP contribution in [0.3, 0.4) is 0 Å². The van der Waals surface area contributed by atoms with Gasteiger partial charge in [-0.05, 0) is 38.8 Å². The molecular formula is C15H20N4. The van der Waals surface area contributed by atoms with E-state index >= 15 is 0 Å². The van der Waals surface area contributed by atoms with E-state index in [4.69, 9.17) is 0 Å². The highest BCUT2D eigenvalue weighted by Gasteiger charge is 2.24. The molecular weight excluding hydrogens is 236 g/mol. The Bertz CT molecular complexity index is 559. The lowest BCUT2D eigenvalue weighted by atomic mass is 10.00. The third kappa shape index (κ3) is 2.54. The molecule has 1 saturated heterocycles. The van der Waals surface area contributed by atoms with Gasteiger partial charge in [-0.25, -0.2) is 9.99 Å². The predicted molar refractivity (Wildman–Crippen MR) is 77.8 cm³/mol. The maximum Gasteiger partial charge on any atom is 0.159 e. The van der Waals surface area contributed by atoms with Gasteiger partial charge >= 0.3 is 0 Å². The van der Waals surface area contributed by atoms with Crippen LogP contribution in [-0.2, 0) is 0 Å². The highest BCUT2D eigenvalue weighted by atomic mass is 15.5. The lowest BCUT2D eigenvalue weighted by molar-refractivity contribution is 0.135. The summed E-state index contributed by atoms with van der Waals surface area (Å²) in [5.41, 5.74) is 5.31. The summed E-state index contributed by atoms with van der Waals surface area (Å²) in [5, 5.41) is 2.31. The average Bonchev–Trinajstić information content (AvgIpc) is 2.43. The lowest BCUT2D eigenvalue weighted by Crippen LogP contribution is -2.47. The first-order valence-electron chi connectivity index (χ1n) is 7.01. The number of anilines is 1. The molecule has 1 N–H and O–H groups in total. The molecule has 2 unspecified atom stereocenters. The Morgan fingerprint density at radius 2 is 1.79 bits per heavy atom. The van der Waals surface area contributed by atoms with Crippen molar-refractivity contribution in [1.29, 1.82) is 0 Å². The lowest BCUT2D eigenvalue weighted by Gasteiger charge is -2.39. The van der Waals surface area contributed by atoms with Crippen molar-refractivity contribution in [3.8, 4) is 0 Å². The normalized spacial score (nSPS) is 24.5. The second-order valence-electron chi connectivity index (χ2n) is 5.39. The van der Waals surface area contributed by atoms with Crippen molar-refractivity contribution in [3.05, 3.63) is 30.5 Å². The summed E-state index contributed by atoms with van der Waals surface area (Å²) in [7, 11) is 0. The molecule has 2 aromatic rings. The van der Waals surface area contributed by atoms with Crippen molar-refractivity contribution < 1.29 is 0 Å². The Morgan fingerprint density at radius 3 is 2.53 bits per heavy atom. The molecule has 1 aliphatic rings. The number of nitrogens with zero attached hydrogens (tertiary/aromatic N) is 3. The van der Waals surface area contributed by atoms with Crippen molar-refractivity contribution in [2.45, 2.75) is 45.2 Å². The van der Waals surface area contributed by atoms with Gasteiger partial charge in [0.05, 0.1) is 17.2 Å². The van der Waals surface area contributed by atoms with Crippen molar-refractivity contribution in [3.63, 3.8) is 0 Å². The van der Waals surface area contributed by atoms with Crippen molar-refractivity contribution >= 4 is 16.9 Å². The molecule has 0 spiro atoms. The molecule has 1 aromatic carbocycles. The fraction of sp³-hybridized carbons (Fsp3) is 0.467. The molecule has 0 amide bonds. The standard InChI is InChI=1S/C15H20N4/c1-11-6-5-7-12(2)19(11)18-15-10-16-13-8-3-4-9-14(13)17-15/h3-4,8-12H,5-7H2,1-2H3,(H,17,18). The Labute approximate surface area is 113 Å². The van der Waals surface area contributed by atoms with Crippen LogP contribution in [0.1, 0.15) is 33.1 Å². The molecule has 2 heterocycles. The topological polar surface area (TPSA) is 41.0 Å². The molecule has 19 heavy (non-hydrogen) atoms. The van der Waals surface area contributed by atoms with Gasteiger partial charge in [0, 0.05) is 12.1 Å². The van der Waals surface area contributed by atoms with E-state index < -0.39 is 0 Å². The number of benzene rings is 1. The fourth-order valence-corrected chi connectivity index (χ4v) is 2.78. The summed E-state index contributed by atoms with van der Waals surface area (Å²) >= 11 is 0. The maximum absolute atomic E-state index is 4.62. The minimum atomic E-state index is 0.539. The van der Waals surface area contributed by atoms with Crippen LogP contribution in [0.25, 0.3) is 11.0 Å². The molecule has 2 atom stereocenters. The van der Waals surface area contributed by atoms with E-state index in [0.717, 1.165) is 16.9 Å². The molecule has 4 heteroatoms. The van der Waals surface area contributed by atoms with Crippen LogP contribution in [0.2, 0.25) is 0 Å². The fourth-order valence-electron chi connectivity index (χ4n) is 2.78. The number of piperidine rings is 1. The summed E-state index contributed by atoms with van der Waals surface area (Å²) < 4.78 is 0. The molecule has 1 aromatic heterocycles. The number of hydrazine groups is 1. The molecule has 0 bridgehead atoms. The molecule has 0 saturated carbocycles. The third-order valence-electron chi connectivity index (χ3n) is 3.89. The van der Waals surface area contributed by atoms with Gasteiger partial charge in [-0.1, -0.05) is 18.6 Å². The number of hydrogen-bond donors (Lipinski definition) is 1. The monoisotopic (exact) mass is 256 g/mol. The summed E-state index contributed by atoms with van der Waals surface area (Å²) in [4.78, 5) is 9.07. The smallest absolute Gasteiger partial charge is 0.159 e. The Balaban J connectivity index is 1.84. The zero-order chi connectivity index (χ0) is 13.2. The first-order chi connectivity index (χ1) is 9.24. The van der Waals surface area contributed by atoms with Gasteiger partial charge in [-0.2, -0.15) is 0 Å². The van der Waals surface area contributed by atoms with E-state index in [1.54, 1.807) is 0 Å². The molecule has 1 fully saturated rings. The van der Waals surface area contributed by atoms with Crippen molar-refractivity contribution in [1.82, 2.24) is 15.0 Å². The van der Waals surface area contributed by atoms with E-state index in [0.29, 0.717) is 12.1 Å². The maximum atomic E-state index is 4.62. The Hall–Kier alpha value is -1.68. The number of aromatic nitrogens is 2. The van der Waals surface area contributed by atoms with Gasteiger partial charge in [0.1, 0.15) is 0 Å². The Morgan fingerprint density at radius 1 is 1.11 bits per heavy atom. The van der Waals surface area contributed by atoms with E-state index in [-0.39, 0.29) is 0 Å². The summed E-state index contributed by atoms with van der Waals surface area (Å²) in [6, 6.07) is 9.04. The van der Waals surface area contributed by atoms with E-state index in [2.05, 4.69) is 34.3 Å². The van der Waals surface area contributed by atoms with Crippen molar-refractivity contribution in [2.75, 3.05) is 5.43 Å². The number of para-hydroxylation sites is 2. The van der Waals surface area contributed by atoms with Gasteiger partial charge in [0.25, 0.3) is 0 Å². The minimum absolute atomic E-state index is 0.539. The largest absolute Gasteiger partial charge is 0.301 e. The van der Waals surface area contributed by atoms with E-state index in [9.17, 15) is 0 Å². The molecule has 4 nitrogen and oxygen atoms in total. The van der Waals surface area contributed by atoms with Crippen LogP contribution in [0.15, 0.2) is 30.5 Å². The highest BCUT2D eigenvalue weighted by molar-refractivity contribution is 5.75. The Kier molecular flexibility index (Phi) is 3.34. The van der Waals surface area contributed by atoms with E-state index in [1.165, 1.54) is 19.3 Å². The summed E-state index contributed by atoms with van der Waals surface area (Å²) in [5.74, 6) is 0.833. The number of fused-ring (bicyclic) bond motifs is 1. The van der Waals surface area contributed by atoms with Crippen LogP contribution in [-0.4, -0.2) is 27.1 Å². The van der Waals surface area contributed by atoms with Crippen LogP contribution in [0.5, 0.6) is 0 Å². The van der Waals surface area contributed by atoms with Gasteiger partial charge < -0.3 is 5.43 Å². The average molecular weight is 256 g/mol. The number of hydrogen-bond acceptors (Lipinski definition) is 4. The number of nitrogens with one attached hydrogen (secondary N) is 1. The van der Waals surface area contributed by atoms with Crippen molar-refractivity contribution in [2.24, 2.45) is 0 Å². The third-order valence-corrected chi connectivity index (χ3v) is 3.89. The zero-order valence-electron chi connectivity index (χ0n) is 11.5. The molecule has 1 aliphatic heterocycles. The number of rotatable bonds is 2. The van der Waals surface area contributed by atoms with Crippen LogP contribution in [0.4, 0.5) is 5.82 Å². The molecule has 3 rings (SSSR count). The second kappa shape index (κ2) is 5.13. The molecule has 0 aliphatic carbocycles. The highest BCUT2D eigenvalue weighted by Crippen LogP contribution is 2.23. The van der Waals surface area contributed by atoms with Crippen LogP contribution >= 0.6 is 0 Å². The quantitative estimate of drug-likeness (QED) is 0.895. The second-order valence-corrected chi connectivity index (χ2v) is 5.39. The molecule has 0 radical (unpaired) electrons. The summed E-state index contributed by atoms with van der Waals surface area (Å²) in [6.45, 7) is 4.52. The van der Waals surface area contributed by atoms with Crippen LogP contribution < -0.4 is 5.43 Å². The van der Waals surface area contributed by atoms with Gasteiger partial charge in [0.2, 0.25) is 0 Å². The van der Waals surface area contributed by atoms with Gasteiger partial charge in [-0.15, -0.1) is 0 Å². The zero-order valence-corrected chi connectivity index (χ0v) is 11.5. The minimum Gasteiger partial charge on any atom is -0.301 e. The predicted octanol–water partition coefficient (Wildman–Crippen LogP) is 3.22. The van der Waals surface area contributed by atoms with Gasteiger partial charge in [-0.3, -0.25) is 4.98 Å². The SMILES string of the molecule is CC1CCCC(C)N1Nc1cnc2ccccc2n1.